The topological polar surface area (TPSA) is 95.0 Å². The number of nitrogens with one attached hydrogen (secondary N) is 1. The monoisotopic (exact) mass is 342 g/mol. The van der Waals surface area contributed by atoms with Crippen LogP contribution in [-0.2, 0) is 6.42 Å². The molecule has 4 rings (SSSR count). The molecular weight excluding hydrogens is 324 g/mol. The maximum Gasteiger partial charge on any atom is 0.142 e. The Morgan fingerprint density at radius 3 is 2.73 bits per heavy atom. The van der Waals surface area contributed by atoms with Gasteiger partial charge in [-0.15, -0.1) is 0 Å². The zero-order valence-electron chi connectivity index (χ0n) is 14.1. The van der Waals surface area contributed by atoms with Crippen molar-refractivity contribution in [2.75, 3.05) is 17.6 Å². The van der Waals surface area contributed by atoms with E-state index in [-0.39, 0.29) is 17.5 Å². The van der Waals surface area contributed by atoms with Gasteiger partial charge in [-0.1, -0.05) is 30.3 Å². The molecule has 0 amide bonds. The van der Waals surface area contributed by atoms with Crippen LogP contribution in [0.3, 0.4) is 0 Å². The van der Waals surface area contributed by atoms with E-state index in [9.17, 15) is 10.4 Å². The van der Waals surface area contributed by atoms with Gasteiger partial charge in [0, 0.05) is 23.7 Å². The van der Waals surface area contributed by atoms with E-state index in [1.165, 1.54) is 5.56 Å². The van der Waals surface area contributed by atoms with Crippen molar-refractivity contribution in [1.29, 1.82) is 5.26 Å². The Morgan fingerprint density at radius 1 is 1.15 bits per heavy atom. The van der Waals surface area contributed by atoms with Gasteiger partial charge in [-0.2, -0.15) is 5.26 Å². The van der Waals surface area contributed by atoms with E-state index in [4.69, 9.17) is 5.73 Å². The summed E-state index contributed by atoms with van der Waals surface area (Å²) >= 11 is 0. The van der Waals surface area contributed by atoms with Crippen molar-refractivity contribution in [3.05, 3.63) is 71.3 Å². The number of pyridine rings is 1. The molecule has 3 aromatic rings. The summed E-state index contributed by atoms with van der Waals surface area (Å²) in [7, 11) is 0. The molecule has 1 atom stereocenters. The number of aromatic hydroxyl groups is 1. The predicted molar refractivity (Wildman–Crippen MR) is 102 cm³/mol. The van der Waals surface area contributed by atoms with Crippen molar-refractivity contribution in [1.82, 2.24) is 4.98 Å². The first-order chi connectivity index (χ1) is 12.7. The van der Waals surface area contributed by atoms with Gasteiger partial charge < -0.3 is 16.2 Å². The quantitative estimate of drug-likeness (QED) is 0.660. The number of hydrogen-bond donors (Lipinski definition) is 3. The Bertz CT molecular complexity index is 1020. The molecule has 1 aliphatic heterocycles. The Labute approximate surface area is 151 Å². The molecular formula is C21H18N4O. The minimum absolute atomic E-state index is 0.106. The molecule has 2 heterocycles. The maximum absolute atomic E-state index is 10.2. The number of phenols is 1. The summed E-state index contributed by atoms with van der Waals surface area (Å²) in [5.41, 5.74) is 10.9. The lowest BCUT2D eigenvalue weighted by Gasteiger charge is -2.27. The van der Waals surface area contributed by atoms with Crippen LogP contribution in [0.4, 0.5) is 11.5 Å². The largest absolute Gasteiger partial charge is 0.507 e. The molecule has 0 radical (unpaired) electrons. The van der Waals surface area contributed by atoms with Crippen LogP contribution in [0, 0.1) is 11.3 Å². The smallest absolute Gasteiger partial charge is 0.142 e. The van der Waals surface area contributed by atoms with Crippen molar-refractivity contribution in [2.24, 2.45) is 0 Å². The van der Waals surface area contributed by atoms with E-state index in [0.29, 0.717) is 16.8 Å². The summed E-state index contributed by atoms with van der Waals surface area (Å²) in [4.78, 5) is 4.35. The summed E-state index contributed by atoms with van der Waals surface area (Å²) in [6, 6.07) is 19.3. The van der Waals surface area contributed by atoms with Crippen LogP contribution in [0.15, 0.2) is 54.6 Å². The first-order valence-electron chi connectivity index (χ1n) is 8.48. The van der Waals surface area contributed by atoms with Gasteiger partial charge in [0.05, 0.1) is 11.3 Å². The van der Waals surface area contributed by atoms with Crippen molar-refractivity contribution in [3.8, 4) is 23.1 Å². The number of nitrogens with two attached hydrogens (primary N) is 1. The second-order valence-electron chi connectivity index (χ2n) is 6.43. The van der Waals surface area contributed by atoms with Crippen molar-refractivity contribution in [3.63, 3.8) is 0 Å². The molecule has 0 spiro atoms. The highest BCUT2D eigenvalue weighted by Gasteiger charge is 2.24. The van der Waals surface area contributed by atoms with Gasteiger partial charge >= 0.3 is 0 Å². The fourth-order valence-corrected chi connectivity index (χ4v) is 3.52. The fraction of sp³-hybridized carbons (Fsp3) is 0.143. The van der Waals surface area contributed by atoms with Crippen LogP contribution in [0.5, 0.6) is 5.75 Å². The van der Waals surface area contributed by atoms with Crippen LogP contribution in [0.1, 0.15) is 22.6 Å². The molecule has 5 nitrogen and oxygen atoms in total. The zero-order chi connectivity index (χ0) is 18.1. The van der Waals surface area contributed by atoms with E-state index in [2.05, 4.69) is 28.5 Å². The van der Waals surface area contributed by atoms with Crippen molar-refractivity contribution >= 4 is 11.5 Å². The summed E-state index contributed by atoms with van der Waals surface area (Å²) in [5.74, 6) is 0.443. The summed E-state index contributed by atoms with van der Waals surface area (Å²) in [6.07, 6.45) is 0.821. The van der Waals surface area contributed by atoms with E-state index < -0.39 is 0 Å². The van der Waals surface area contributed by atoms with Crippen LogP contribution in [0.25, 0.3) is 11.3 Å². The number of anilines is 2. The molecule has 5 heteroatoms. The number of nitrogen functional groups attached to an aromatic ring is 1. The number of rotatable bonds is 2. The minimum atomic E-state index is 0.106. The maximum atomic E-state index is 10.2. The second-order valence-corrected chi connectivity index (χ2v) is 6.43. The number of nitriles is 1. The van der Waals surface area contributed by atoms with Crippen molar-refractivity contribution in [2.45, 2.75) is 12.3 Å². The average Bonchev–Trinajstić information content (AvgIpc) is 2.67. The molecule has 0 saturated carbocycles. The van der Waals surface area contributed by atoms with Gasteiger partial charge in [0.25, 0.3) is 0 Å². The molecule has 1 unspecified atom stereocenters. The lowest BCUT2D eigenvalue weighted by Crippen LogP contribution is -2.22. The first-order valence-corrected chi connectivity index (χ1v) is 8.48. The number of para-hydroxylation sites is 2. The first kappa shape index (κ1) is 16.0. The van der Waals surface area contributed by atoms with Crippen LogP contribution in [0.2, 0.25) is 0 Å². The number of phenolic OH excluding ortho intramolecular Hbond substituents is 1. The van der Waals surface area contributed by atoms with Gasteiger partial charge in [-0.3, -0.25) is 0 Å². The Balaban J connectivity index is 1.81. The lowest BCUT2D eigenvalue weighted by atomic mass is 9.85. The third-order valence-corrected chi connectivity index (χ3v) is 4.83. The lowest BCUT2D eigenvalue weighted by molar-refractivity contribution is 0.477. The van der Waals surface area contributed by atoms with Gasteiger partial charge in [0.1, 0.15) is 17.6 Å². The van der Waals surface area contributed by atoms with E-state index in [0.717, 1.165) is 24.2 Å². The number of nitrogens with zero attached hydrogens (tertiary/aromatic N) is 2. The number of hydrogen-bond acceptors (Lipinski definition) is 5. The SMILES string of the molecule is N#Cc1c(C2CNc3ccccc3C2)cc(-c2ccccc2O)nc1N. The molecule has 0 bridgehead atoms. The van der Waals surface area contributed by atoms with Gasteiger partial charge in [-0.25, -0.2) is 4.98 Å². The predicted octanol–water partition coefficient (Wildman–Crippen LogP) is 3.66. The Kier molecular flexibility index (Phi) is 3.94. The molecule has 0 saturated heterocycles. The molecule has 0 fully saturated rings. The minimum Gasteiger partial charge on any atom is -0.507 e. The van der Waals surface area contributed by atoms with E-state index in [1.54, 1.807) is 18.2 Å². The normalized spacial score (nSPS) is 15.6. The van der Waals surface area contributed by atoms with Crippen LogP contribution in [-0.4, -0.2) is 16.6 Å². The molecule has 26 heavy (non-hydrogen) atoms. The van der Waals surface area contributed by atoms with E-state index in [1.807, 2.05) is 24.3 Å². The standard InChI is InChI=1S/C21H18N4O/c22-11-17-16(14-9-13-5-1-3-7-18(13)24-12-14)10-19(25-21(17)23)15-6-2-4-8-20(15)26/h1-8,10,14,24,26H,9,12H2,(H2,23,25). The van der Waals surface area contributed by atoms with Crippen molar-refractivity contribution < 1.29 is 5.11 Å². The number of aromatic nitrogens is 1. The van der Waals surface area contributed by atoms with E-state index >= 15 is 0 Å². The third kappa shape index (κ3) is 2.72. The van der Waals surface area contributed by atoms with Crippen LogP contribution >= 0.6 is 0 Å². The number of fused-ring (bicyclic) bond motifs is 1. The molecule has 2 aromatic carbocycles. The third-order valence-electron chi connectivity index (χ3n) is 4.83. The van der Waals surface area contributed by atoms with Gasteiger partial charge in [-0.05, 0) is 41.8 Å². The molecule has 1 aromatic heterocycles. The molecule has 4 N–H and O–H groups in total. The molecule has 128 valence electrons. The molecule has 0 aliphatic carbocycles. The number of benzene rings is 2. The second kappa shape index (κ2) is 6.41. The highest BCUT2D eigenvalue weighted by Crippen LogP contribution is 2.36. The summed E-state index contributed by atoms with van der Waals surface area (Å²) < 4.78 is 0. The summed E-state index contributed by atoms with van der Waals surface area (Å²) in [6.45, 7) is 0.718. The Morgan fingerprint density at radius 2 is 1.92 bits per heavy atom. The zero-order valence-corrected chi connectivity index (χ0v) is 14.1. The average molecular weight is 342 g/mol. The van der Waals surface area contributed by atoms with Gasteiger partial charge in [0.2, 0.25) is 0 Å². The highest BCUT2D eigenvalue weighted by molar-refractivity contribution is 5.71. The molecule has 1 aliphatic rings. The van der Waals surface area contributed by atoms with Gasteiger partial charge in [0.15, 0.2) is 0 Å². The highest BCUT2D eigenvalue weighted by atomic mass is 16.3. The van der Waals surface area contributed by atoms with Crippen LogP contribution < -0.4 is 11.1 Å². The fourth-order valence-electron chi connectivity index (χ4n) is 3.52. The summed E-state index contributed by atoms with van der Waals surface area (Å²) in [5, 5.41) is 23.2. The Hall–Kier alpha value is -3.52.